The first-order valence-corrected chi connectivity index (χ1v) is 7.55. The van der Waals surface area contributed by atoms with Crippen molar-refractivity contribution in [1.29, 1.82) is 0 Å². The molecule has 1 heterocycles. The van der Waals surface area contributed by atoms with E-state index in [0.29, 0.717) is 12.0 Å². The molecule has 0 radical (unpaired) electrons. The summed E-state index contributed by atoms with van der Waals surface area (Å²) >= 11 is 0. The third-order valence-corrected chi connectivity index (χ3v) is 5.80. The zero-order valence-electron chi connectivity index (χ0n) is 11.8. The maximum atomic E-state index is 10.5. The fourth-order valence-electron chi connectivity index (χ4n) is 4.81. The number of piperidine rings is 1. The molecule has 0 saturated carbocycles. The van der Waals surface area contributed by atoms with E-state index in [2.05, 4.69) is 24.1 Å². The maximum Gasteiger partial charge on any atom is 0.161 e. The standard InChI is InChI=1S/C17H21NO2/c1-18-9-8-17-7-3-2-4-12(17)13(18)10-11-5-6-14(19)16(20)15(11)17/h2,4-6,12-13,19-20H,3,7-10H2,1H3/t12-,13+,17+/m0/s1. The molecule has 0 spiro atoms. The van der Waals surface area contributed by atoms with Crippen LogP contribution < -0.4 is 0 Å². The number of hydrogen-bond donors (Lipinski definition) is 2. The van der Waals surface area contributed by atoms with Crippen molar-refractivity contribution >= 4 is 0 Å². The Morgan fingerprint density at radius 3 is 2.95 bits per heavy atom. The Bertz CT molecular complexity index is 595. The van der Waals surface area contributed by atoms with Crippen molar-refractivity contribution in [3.63, 3.8) is 0 Å². The van der Waals surface area contributed by atoms with Crippen LogP contribution in [0.25, 0.3) is 0 Å². The average Bonchev–Trinajstić information content (AvgIpc) is 2.46. The number of hydrogen-bond acceptors (Lipinski definition) is 3. The first-order valence-electron chi connectivity index (χ1n) is 7.55. The summed E-state index contributed by atoms with van der Waals surface area (Å²) in [6.45, 7) is 1.07. The minimum absolute atomic E-state index is 0.0301. The minimum atomic E-state index is 0.0301. The summed E-state index contributed by atoms with van der Waals surface area (Å²) in [5.74, 6) is 0.629. The van der Waals surface area contributed by atoms with E-state index < -0.39 is 0 Å². The predicted octanol–water partition coefficient (Wildman–Crippen LogP) is 2.56. The molecular formula is C17H21NO2. The van der Waals surface area contributed by atoms with Crippen molar-refractivity contribution in [2.45, 2.75) is 37.1 Å². The topological polar surface area (TPSA) is 43.7 Å². The fraction of sp³-hybridized carbons (Fsp3) is 0.529. The van der Waals surface area contributed by atoms with Gasteiger partial charge in [-0.3, -0.25) is 0 Å². The third-order valence-electron chi connectivity index (χ3n) is 5.80. The van der Waals surface area contributed by atoms with Gasteiger partial charge in [0.1, 0.15) is 0 Å². The van der Waals surface area contributed by atoms with Gasteiger partial charge in [0.05, 0.1) is 0 Å². The minimum Gasteiger partial charge on any atom is -0.504 e. The summed E-state index contributed by atoms with van der Waals surface area (Å²) < 4.78 is 0. The Balaban J connectivity index is 1.99. The summed E-state index contributed by atoms with van der Waals surface area (Å²) in [5.41, 5.74) is 2.29. The molecule has 0 aromatic heterocycles. The summed E-state index contributed by atoms with van der Waals surface area (Å²) in [6.07, 6.45) is 8.84. The van der Waals surface area contributed by atoms with Crippen LogP contribution in [0.3, 0.4) is 0 Å². The van der Waals surface area contributed by atoms with Crippen molar-refractivity contribution in [2.75, 3.05) is 13.6 Å². The van der Waals surface area contributed by atoms with Crippen LogP contribution in [0.15, 0.2) is 24.3 Å². The van der Waals surface area contributed by atoms with E-state index in [-0.39, 0.29) is 16.9 Å². The number of fused-ring (bicyclic) bond motifs is 1. The molecule has 1 fully saturated rings. The van der Waals surface area contributed by atoms with Crippen LogP contribution in [-0.4, -0.2) is 34.7 Å². The van der Waals surface area contributed by atoms with Gasteiger partial charge in [-0.25, -0.2) is 0 Å². The molecular weight excluding hydrogens is 250 g/mol. The molecule has 20 heavy (non-hydrogen) atoms. The highest BCUT2D eigenvalue weighted by Crippen LogP contribution is 2.57. The fourth-order valence-corrected chi connectivity index (χ4v) is 4.81. The van der Waals surface area contributed by atoms with Gasteiger partial charge in [-0.05, 0) is 50.9 Å². The molecule has 1 saturated heterocycles. The van der Waals surface area contributed by atoms with Gasteiger partial charge in [-0.15, -0.1) is 0 Å². The molecule has 0 amide bonds. The molecule has 1 aromatic rings. The normalized spacial score (nSPS) is 35.5. The van der Waals surface area contributed by atoms with Gasteiger partial charge >= 0.3 is 0 Å². The van der Waals surface area contributed by atoms with E-state index in [0.717, 1.165) is 37.8 Å². The van der Waals surface area contributed by atoms with Crippen molar-refractivity contribution in [3.05, 3.63) is 35.4 Å². The highest BCUT2D eigenvalue weighted by Gasteiger charge is 2.53. The summed E-state index contributed by atoms with van der Waals surface area (Å²) in [5, 5.41) is 20.4. The maximum absolute atomic E-state index is 10.5. The van der Waals surface area contributed by atoms with Crippen molar-refractivity contribution in [1.82, 2.24) is 4.90 Å². The second-order valence-electron chi connectivity index (χ2n) is 6.62. The van der Waals surface area contributed by atoms with Crippen LogP contribution in [0.5, 0.6) is 11.5 Å². The van der Waals surface area contributed by atoms with E-state index in [1.807, 2.05) is 6.07 Å². The molecule has 2 bridgehead atoms. The number of rotatable bonds is 0. The third kappa shape index (κ3) is 1.39. The number of phenols is 2. The molecule has 1 aliphatic heterocycles. The summed E-state index contributed by atoms with van der Waals surface area (Å²) in [6, 6.07) is 4.17. The van der Waals surface area contributed by atoms with Crippen LogP contribution in [0, 0.1) is 5.92 Å². The molecule has 2 N–H and O–H groups in total. The van der Waals surface area contributed by atoms with Crippen LogP contribution in [0.4, 0.5) is 0 Å². The van der Waals surface area contributed by atoms with E-state index in [4.69, 9.17) is 0 Å². The number of phenolic OH excluding ortho intramolecular Hbond substituents is 2. The average molecular weight is 271 g/mol. The lowest BCUT2D eigenvalue weighted by atomic mass is 9.54. The lowest BCUT2D eigenvalue weighted by Crippen LogP contribution is -2.58. The zero-order valence-corrected chi connectivity index (χ0v) is 11.8. The van der Waals surface area contributed by atoms with Gasteiger partial charge < -0.3 is 15.1 Å². The van der Waals surface area contributed by atoms with Gasteiger partial charge in [0.15, 0.2) is 11.5 Å². The molecule has 106 valence electrons. The second-order valence-corrected chi connectivity index (χ2v) is 6.62. The molecule has 2 aliphatic carbocycles. The zero-order chi connectivity index (χ0) is 13.9. The molecule has 3 atom stereocenters. The summed E-state index contributed by atoms with van der Waals surface area (Å²) in [4.78, 5) is 2.46. The highest BCUT2D eigenvalue weighted by atomic mass is 16.3. The molecule has 0 unspecified atom stereocenters. The Labute approximate surface area is 119 Å². The van der Waals surface area contributed by atoms with Crippen LogP contribution in [0.2, 0.25) is 0 Å². The quantitative estimate of drug-likeness (QED) is 0.563. The molecule has 3 heteroatoms. The van der Waals surface area contributed by atoms with Gasteiger partial charge in [0, 0.05) is 22.9 Å². The number of likely N-dealkylation sites (N-methyl/N-ethyl adjacent to an activating group) is 1. The second kappa shape index (κ2) is 4.01. The molecule has 4 rings (SSSR count). The lowest BCUT2D eigenvalue weighted by molar-refractivity contribution is 0.0458. The molecule has 3 aliphatic rings. The first kappa shape index (κ1) is 12.3. The highest BCUT2D eigenvalue weighted by molar-refractivity contribution is 5.56. The van der Waals surface area contributed by atoms with Crippen LogP contribution in [-0.2, 0) is 11.8 Å². The van der Waals surface area contributed by atoms with Gasteiger partial charge in [-0.2, -0.15) is 0 Å². The smallest absolute Gasteiger partial charge is 0.161 e. The largest absolute Gasteiger partial charge is 0.504 e. The van der Waals surface area contributed by atoms with Crippen LogP contribution in [0.1, 0.15) is 30.4 Å². The molecule has 3 nitrogen and oxygen atoms in total. The number of nitrogens with zero attached hydrogens (tertiary/aromatic N) is 1. The number of allylic oxidation sites excluding steroid dienone is 1. The molecule has 1 aromatic carbocycles. The number of likely N-dealkylation sites (tertiary alicyclic amines) is 1. The van der Waals surface area contributed by atoms with E-state index in [1.54, 1.807) is 6.07 Å². The van der Waals surface area contributed by atoms with Crippen LogP contribution >= 0.6 is 0 Å². The SMILES string of the molecule is CN1CC[C@]23CCC=C[C@H]2[C@H]1Cc1ccc(O)c(O)c13. The summed E-state index contributed by atoms with van der Waals surface area (Å²) in [7, 11) is 2.21. The lowest BCUT2D eigenvalue weighted by Gasteiger charge is -2.56. The van der Waals surface area contributed by atoms with Crippen molar-refractivity contribution in [3.8, 4) is 11.5 Å². The van der Waals surface area contributed by atoms with Gasteiger partial charge in [-0.1, -0.05) is 18.2 Å². The number of benzene rings is 1. The number of aromatic hydroxyl groups is 2. The predicted molar refractivity (Wildman–Crippen MR) is 78.1 cm³/mol. The van der Waals surface area contributed by atoms with E-state index in [9.17, 15) is 10.2 Å². The van der Waals surface area contributed by atoms with Crippen molar-refractivity contribution < 1.29 is 10.2 Å². The Hall–Kier alpha value is -1.48. The first-order chi connectivity index (χ1) is 9.63. The monoisotopic (exact) mass is 271 g/mol. The Kier molecular flexibility index (Phi) is 2.46. The van der Waals surface area contributed by atoms with E-state index >= 15 is 0 Å². The van der Waals surface area contributed by atoms with Crippen molar-refractivity contribution in [2.24, 2.45) is 5.92 Å². The Morgan fingerprint density at radius 2 is 2.10 bits per heavy atom. The van der Waals surface area contributed by atoms with Gasteiger partial charge in [0.25, 0.3) is 0 Å². The Morgan fingerprint density at radius 1 is 1.25 bits per heavy atom. The van der Waals surface area contributed by atoms with E-state index in [1.165, 1.54) is 5.56 Å². The van der Waals surface area contributed by atoms with Gasteiger partial charge in [0.2, 0.25) is 0 Å².